The predicted molar refractivity (Wildman–Crippen MR) is 78.9 cm³/mol. The number of nitrogens with two attached hydrogens (primary N) is 1. The van der Waals surface area contributed by atoms with Gasteiger partial charge in [0.1, 0.15) is 10.8 Å². The molecule has 0 spiro atoms. The average Bonchev–Trinajstić information content (AvgIpc) is 2.39. The zero-order valence-electron chi connectivity index (χ0n) is 11.0. The summed E-state index contributed by atoms with van der Waals surface area (Å²) in [5.74, 6) is 0.184. The van der Waals surface area contributed by atoms with Crippen molar-refractivity contribution < 1.29 is 9.13 Å². The van der Waals surface area contributed by atoms with Gasteiger partial charge in [0.05, 0.1) is 0 Å². The van der Waals surface area contributed by atoms with Crippen LogP contribution in [0.5, 0.6) is 0 Å². The summed E-state index contributed by atoms with van der Waals surface area (Å²) >= 11 is 4.79. The van der Waals surface area contributed by atoms with E-state index < -0.39 is 0 Å². The number of halogens is 1. The second-order valence-corrected chi connectivity index (χ2v) is 5.38. The largest absolute Gasteiger partial charge is 0.389 e. The molecular weight excluding hydrogens is 263 g/mol. The summed E-state index contributed by atoms with van der Waals surface area (Å²) in [6.45, 7) is 3.74. The number of hydrogen-bond donors (Lipinski definition) is 2. The quantitative estimate of drug-likeness (QED) is 0.834. The number of thiocarbonyl (C=S) groups is 1. The Labute approximate surface area is 118 Å². The standard InChI is InChI=1S/C14H19FN2OS/c1-9(10-4-6-18-7-5-10)17-11-2-3-12(14(16)19)13(15)8-11/h2-3,8-10,17H,4-7H2,1H3,(H2,16,19). The zero-order chi connectivity index (χ0) is 13.8. The molecule has 1 aliphatic rings. The number of anilines is 1. The van der Waals surface area contributed by atoms with E-state index in [2.05, 4.69) is 12.2 Å². The summed E-state index contributed by atoms with van der Waals surface area (Å²) in [4.78, 5) is 0.0847. The molecule has 1 saturated heterocycles. The van der Waals surface area contributed by atoms with Crippen molar-refractivity contribution in [3.05, 3.63) is 29.6 Å². The highest BCUT2D eigenvalue weighted by Crippen LogP contribution is 2.23. The van der Waals surface area contributed by atoms with Gasteiger partial charge in [-0.25, -0.2) is 4.39 Å². The molecule has 0 radical (unpaired) electrons. The summed E-state index contributed by atoms with van der Waals surface area (Å²) in [5.41, 5.74) is 6.49. The van der Waals surface area contributed by atoms with Crippen molar-refractivity contribution in [2.75, 3.05) is 18.5 Å². The Morgan fingerprint density at radius 3 is 2.74 bits per heavy atom. The molecule has 1 atom stereocenters. The second kappa shape index (κ2) is 6.30. The molecule has 1 aromatic rings. The van der Waals surface area contributed by atoms with Crippen LogP contribution in [-0.2, 0) is 4.74 Å². The number of rotatable bonds is 4. The molecule has 19 heavy (non-hydrogen) atoms. The fourth-order valence-electron chi connectivity index (χ4n) is 2.40. The third-order valence-electron chi connectivity index (χ3n) is 3.60. The average molecular weight is 282 g/mol. The number of hydrogen-bond acceptors (Lipinski definition) is 3. The minimum atomic E-state index is -0.378. The summed E-state index contributed by atoms with van der Waals surface area (Å²) in [6, 6.07) is 5.17. The van der Waals surface area contributed by atoms with Gasteiger partial charge in [-0.15, -0.1) is 0 Å². The normalized spacial score (nSPS) is 18.0. The van der Waals surface area contributed by atoms with Crippen LogP contribution in [0.3, 0.4) is 0 Å². The number of ether oxygens (including phenoxy) is 1. The first kappa shape index (κ1) is 14.2. The lowest BCUT2D eigenvalue weighted by atomic mass is 9.93. The van der Waals surface area contributed by atoms with Gasteiger partial charge in [-0.3, -0.25) is 0 Å². The van der Waals surface area contributed by atoms with E-state index >= 15 is 0 Å². The summed E-state index contributed by atoms with van der Waals surface area (Å²) in [7, 11) is 0. The maximum absolute atomic E-state index is 13.8. The molecule has 0 aliphatic carbocycles. The van der Waals surface area contributed by atoms with Crippen LogP contribution in [0.1, 0.15) is 25.3 Å². The van der Waals surface area contributed by atoms with Gasteiger partial charge in [0, 0.05) is 30.5 Å². The van der Waals surface area contributed by atoms with Crippen LogP contribution in [0.4, 0.5) is 10.1 Å². The number of nitrogens with one attached hydrogen (secondary N) is 1. The fraction of sp³-hybridized carbons (Fsp3) is 0.500. The third-order valence-corrected chi connectivity index (χ3v) is 3.82. The van der Waals surface area contributed by atoms with Crippen LogP contribution < -0.4 is 11.1 Å². The topological polar surface area (TPSA) is 47.3 Å². The van der Waals surface area contributed by atoms with E-state index in [1.807, 2.05) is 6.07 Å². The Morgan fingerprint density at radius 1 is 1.47 bits per heavy atom. The van der Waals surface area contributed by atoms with Crippen LogP contribution in [0, 0.1) is 11.7 Å². The first-order chi connectivity index (χ1) is 9.08. The van der Waals surface area contributed by atoms with Crippen molar-refractivity contribution in [1.29, 1.82) is 0 Å². The van der Waals surface area contributed by atoms with Gasteiger partial charge in [0.2, 0.25) is 0 Å². The summed E-state index contributed by atoms with van der Waals surface area (Å²) < 4.78 is 19.1. The molecule has 1 heterocycles. The summed E-state index contributed by atoms with van der Waals surface area (Å²) in [6.07, 6.45) is 2.09. The maximum Gasteiger partial charge on any atom is 0.135 e. The van der Waals surface area contributed by atoms with Gasteiger partial charge in [-0.05, 0) is 43.9 Å². The van der Waals surface area contributed by atoms with Crippen LogP contribution in [0.25, 0.3) is 0 Å². The van der Waals surface area contributed by atoms with Crippen LogP contribution in [0.2, 0.25) is 0 Å². The Morgan fingerprint density at radius 2 is 2.16 bits per heavy atom. The third kappa shape index (κ3) is 3.64. The Bertz CT molecular complexity index is 461. The van der Waals surface area contributed by atoms with E-state index in [1.54, 1.807) is 6.07 Å². The van der Waals surface area contributed by atoms with Gasteiger partial charge < -0.3 is 15.8 Å². The lowest BCUT2D eigenvalue weighted by Crippen LogP contribution is -2.31. The van der Waals surface area contributed by atoms with E-state index in [0.29, 0.717) is 17.5 Å². The van der Waals surface area contributed by atoms with Crippen molar-refractivity contribution in [3.8, 4) is 0 Å². The molecule has 0 aromatic heterocycles. The SMILES string of the molecule is CC(Nc1ccc(C(N)=S)c(F)c1)C1CCOCC1. The van der Waals surface area contributed by atoms with Gasteiger partial charge >= 0.3 is 0 Å². The second-order valence-electron chi connectivity index (χ2n) is 4.94. The van der Waals surface area contributed by atoms with Crippen molar-refractivity contribution in [2.45, 2.75) is 25.8 Å². The van der Waals surface area contributed by atoms with Gasteiger partial charge in [-0.2, -0.15) is 0 Å². The molecular formula is C14H19FN2OS. The molecule has 2 rings (SSSR count). The smallest absolute Gasteiger partial charge is 0.135 e. The molecule has 3 N–H and O–H groups in total. The Kier molecular flexibility index (Phi) is 4.71. The highest BCUT2D eigenvalue weighted by Gasteiger charge is 2.20. The molecule has 1 aromatic carbocycles. The monoisotopic (exact) mass is 282 g/mol. The predicted octanol–water partition coefficient (Wildman–Crippen LogP) is 2.69. The van der Waals surface area contributed by atoms with E-state index in [4.69, 9.17) is 22.7 Å². The zero-order valence-corrected chi connectivity index (χ0v) is 11.8. The van der Waals surface area contributed by atoms with Gasteiger partial charge in [0.25, 0.3) is 0 Å². The fourth-order valence-corrected chi connectivity index (χ4v) is 2.57. The molecule has 104 valence electrons. The molecule has 1 unspecified atom stereocenters. The van der Waals surface area contributed by atoms with E-state index in [0.717, 1.165) is 31.7 Å². The van der Waals surface area contributed by atoms with Crippen LogP contribution in [-0.4, -0.2) is 24.2 Å². The van der Waals surface area contributed by atoms with Crippen molar-refractivity contribution in [2.24, 2.45) is 11.7 Å². The van der Waals surface area contributed by atoms with Gasteiger partial charge in [-0.1, -0.05) is 12.2 Å². The summed E-state index contributed by atoms with van der Waals surface area (Å²) in [5, 5.41) is 3.34. The lowest BCUT2D eigenvalue weighted by Gasteiger charge is -2.29. The first-order valence-electron chi connectivity index (χ1n) is 6.51. The Balaban J connectivity index is 2.02. The van der Waals surface area contributed by atoms with E-state index in [9.17, 15) is 4.39 Å². The van der Waals surface area contributed by atoms with Crippen molar-refractivity contribution >= 4 is 22.9 Å². The van der Waals surface area contributed by atoms with E-state index in [1.165, 1.54) is 6.07 Å². The molecule has 5 heteroatoms. The highest BCUT2D eigenvalue weighted by atomic mass is 32.1. The van der Waals surface area contributed by atoms with E-state index in [-0.39, 0.29) is 10.8 Å². The molecule has 1 aliphatic heterocycles. The van der Waals surface area contributed by atoms with Crippen LogP contribution in [0.15, 0.2) is 18.2 Å². The molecule has 1 fully saturated rings. The van der Waals surface area contributed by atoms with Crippen molar-refractivity contribution in [1.82, 2.24) is 0 Å². The maximum atomic E-state index is 13.8. The van der Waals surface area contributed by atoms with Crippen LogP contribution >= 0.6 is 12.2 Å². The Hall–Kier alpha value is -1.20. The molecule has 0 bridgehead atoms. The highest BCUT2D eigenvalue weighted by molar-refractivity contribution is 7.80. The van der Waals surface area contributed by atoms with Crippen molar-refractivity contribution in [3.63, 3.8) is 0 Å². The molecule has 0 saturated carbocycles. The minimum Gasteiger partial charge on any atom is -0.389 e. The lowest BCUT2D eigenvalue weighted by molar-refractivity contribution is 0.0622. The first-order valence-corrected chi connectivity index (χ1v) is 6.92. The number of benzene rings is 1. The molecule has 3 nitrogen and oxygen atoms in total. The molecule has 0 amide bonds. The van der Waals surface area contributed by atoms with Gasteiger partial charge in [0.15, 0.2) is 0 Å². The minimum absolute atomic E-state index is 0.0847.